The van der Waals surface area contributed by atoms with Crippen LogP contribution in [0.5, 0.6) is 0 Å². The maximum Gasteiger partial charge on any atom is 0.251 e. The fraction of sp³-hybridized carbons (Fsp3) is 0.455. The van der Waals surface area contributed by atoms with Gasteiger partial charge in [-0.25, -0.2) is 0 Å². The summed E-state index contributed by atoms with van der Waals surface area (Å²) >= 11 is 1.67. The fourth-order valence-corrected chi connectivity index (χ4v) is 4.25. The molecule has 0 bridgehead atoms. The van der Waals surface area contributed by atoms with Gasteiger partial charge in [-0.1, -0.05) is 26.8 Å². The number of hydrogen-bond acceptors (Lipinski definition) is 4. The molecular formula is C22H29N3O2S. The molecule has 0 radical (unpaired) electrons. The summed E-state index contributed by atoms with van der Waals surface area (Å²) in [5.41, 5.74) is 2.47. The number of rotatable bonds is 9. The van der Waals surface area contributed by atoms with Gasteiger partial charge in [0.15, 0.2) is 0 Å². The van der Waals surface area contributed by atoms with Gasteiger partial charge >= 0.3 is 0 Å². The summed E-state index contributed by atoms with van der Waals surface area (Å²) in [7, 11) is 0. The molecule has 1 saturated carbocycles. The normalized spacial score (nSPS) is 19.3. The molecule has 1 aliphatic rings. The Morgan fingerprint density at radius 2 is 2.00 bits per heavy atom. The number of hydrogen-bond donors (Lipinski definition) is 2. The third kappa shape index (κ3) is 5.00. The number of thiophene rings is 1. The maximum atomic E-state index is 12.7. The van der Waals surface area contributed by atoms with Gasteiger partial charge in [-0.15, -0.1) is 0 Å². The second-order valence-electron chi connectivity index (χ2n) is 7.39. The molecule has 1 aromatic carbocycles. The number of nitrogens with zero attached hydrogens (tertiary/aromatic N) is 1. The Morgan fingerprint density at radius 1 is 1.25 bits per heavy atom. The van der Waals surface area contributed by atoms with E-state index in [9.17, 15) is 9.59 Å². The monoisotopic (exact) mass is 399 g/mol. The van der Waals surface area contributed by atoms with E-state index in [1.807, 2.05) is 12.1 Å². The fourth-order valence-electron chi connectivity index (χ4n) is 3.54. The Balaban J connectivity index is 1.63. The van der Waals surface area contributed by atoms with Crippen LogP contribution in [0.25, 0.3) is 0 Å². The first-order valence-electron chi connectivity index (χ1n) is 9.98. The van der Waals surface area contributed by atoms with Crippen molar-refractivity contribution in [3.63, 3.8) is 0 Å². The van der Waals surface area contributed by atoms with E-state index in [4.69, 9.17) is 0 Å². The summed E-state index contributed by atoms with van der Waals surface area (Å²) in [4.78, 5) is 27.2. The zero-order valence-corrected chi connectivity index (χ0v) is 17.6. The predicted molar refractivity (Wildman–Crippen MR) is 115 cm³/mol. The van der Waals surface area contributed by atoms with Gasteiger partial charge in [-0.05, 0) is 66.0 Å². The highest BCUT2D eigenvalue weighted by Crippen LogP contribution is 2.38. The molecule has 3 atom stereocenters. The number of anilines is 1. The molecular weight excluding hydrogens is 370 g/mol. The van der Waals surface area contributed by atoms with Crippen LogP contribution in [0, 0.1) is 11.8 Å². The van der Waals surface area contributed by atoms with Crippen LogP contribution in [0.4, 0.5) is 5.69 Å². The molecule has 6 heteroatoms. The molecule has 150 valence electrons. The first-order chi connectivity index (χ1) is 13.5. The molecule has 2 amide bonds. The SMILES string of the molecule is CCN(CC)C(CNC(=O)c1cccc(NC(=O)C2CC2C)c1)c1ccsc1. The molecule has 1 aromatic heterocycles. The lowest BCUT2D eigenvalue weighted by atomic mass is 10.1. The molecule has 28 heavy (non-hydrogen) atoms. The molecule has 3 rings (SSSR count). The summed E-state index contributed by atoms with van der Waals surface area (Å²) in [5.74, 6) is 0.492. The van der Waals surface area contributed by atoms with Crippen molar-refractivity contribution in [3.05, 3.63) is 52.2 Å². The van der Waals surface area contributed by atoms with E-state index in [2.05, 4.69) is 53.1 Å². The summed E-state index contributed by atoms with van der Waals surface area (Å²) < 4.78 is 0. The van der Waals surface area contributed by atoms with Gasteiger partial charge in [-0.3, -0.25) is 14.5 Å². The van der Waals surface area contributed by atoms with Crippen molar-refractivity contribution in [2.24, 2.45) is 11.8 Å². The first-order valence-corrected chi connectivity index (χ1v) is 10.9. The standard InChI is InChI=1S/C22H29N3O2S/c1-4-25(5-2)20(17-9-10-28-14-17)13-23-21(26)16-7-6-8-18(12-16)24-22(27)19-11-15(19)3/h6-10,12,14-15,19-20H,4-5,11,13H2,1-3H3,(H,23,26)(H,24,27). The summed E-state index contributed by atoms with van der Waals surface area (Å²) in [6, 6.07) is 9.44. The highest BCUT2D eigenvalue weighted by molar-refractivity contribution is 7.07. The lowest BCUT2D eigenvalue weighted by Gasteiger charge is -2.29. The molecule has 0 aliphatic heterocycles. The second-order valence-corrected chi connectivity index (χ2v) is 8.17. The van der Waals surface area contributed by atoms with Crippen molar-refractivity contribution in [1.82, 2.24) is 10.2 Å². The number of likely N-dealkylation sites (N-methyl/N-ethyl adjacent to an activating group) is 1. The highest BCUT2D eigenvalue weighted by atomic mass is 32.1. The van der Waals surface area contributed by atoms with Crippen molar-refractivity contribution in [3.8, 4) is 0 Å². The Kier molecular flexibility index (Phi) is 6.86. The van der Waals surface area contributed by atoms with Crippen LogP contribution < -0.4 is 10.6 Å². The number of benzene rings is 1. The Morgan fingerprint density at radius 3 is 2.61 bits per heavy atom. The average Bonchev–Trinajstić information content (AvgIpc) is 3.19. The summed E-state index contributed by atoms with van der Waals surface area (Å²) in [6.07, 6.45) is 0.946. The highest BCUT2D eigenvalue weighted by Gasteiger charge is 2.39. The van der Waals surface area contributed by atoms with Crippen LogP contribution >= 0.6 is 11.3 Å². The molecule has 1 heterocycles. The van der Waals surface area contributed by atoms with E-state index in [1.165, 1.54) is 5.56 Å². The van der Waals surface area contributed by atoms with Gasteiger partial charge < -0.3 is 10.6 Å². The van der Waals surface area contributed by atoms with E-state index in [-0.39, 0.29) is 23.8 Å². The Bertz CT molecular complexity index is 802. The maximum absolute atomic E-state index is 12.7. The van der Waals surface area contributed by atoms with E-state index in [0.717, 1.165) is 19.5 Å². The van der Waals surface area contributed by atoms with Crippen LogP contribution in [0.3, 0.4) is 0 Å². The zero-order chi connectivity index (χ0) is 20.1. The van der Waals surface area contributed by atoms with E-state index in [0.29, 0.717) is 23.7 Å². The first kappa shape index (κ1) is 20.6. The Labute approximate surface area is 171 Å². The van der Waals surface area contributed by atoms with Crippen LogP contribution in [0.2, 0.25) is 0 Å². The minimum Gasteiger partial charge on any atom is -0.350 e. The van der Waals surface area contributed by atoms with Gasteiger partial charge in [0.05, 0.1) is 6.04 Å². The van der Waals surface area contributed by atoms with Crippen molar-refractivity contribution in [2.75, 3.05) is 25.0 Å². The van der Waals surface area contributed by atoms with Crippen molar-refractivity contribution < 1.29 is 9.59 Å². The third-order valence-electron chi connectivity index (χ3n) is 5.48. The van der Waals surface area contributed by atoms with E-state index in [1.54, 1.807) is 23.5 Å². The molecule has 0 saturated heterocycles. The van der Waals surface area contributed by atoms with Gasteiger partial charge in [0.2, 0.25) is 5.91 Å². The van der Waals surface area contributed by atoms with Crippen LogP contribution in [0.1, 0.15) is 49.2 Å². The number of carbonyl (C=O) groups excluding carboxylic acids is 2. The Hall–Kier alpha value is -2.18. The smallest absolute Gasteiger partial charge is 0.251 e. The van der Waals surface area contributed by atoms with E-state index >= 15 is 0 Å². The zero-order valence-electron chi connectivity index (χ0n) is 16.8. The lowest BCUT2D eigenvalue weighted by molar-refractivity contribution is -0.117. The largest absolute Gasteiger partial charge is 0.350 e. The molecule has 3 unspecified atom stereocenters. The summed E-state index contributed by atoms with van der Waals surface area (Å²) in [6.45, 7) is 8.75. The van der Waals surface area contributed by atoms with Crippen molar-refractivity contribution in [2.45, 2.75) is 33.2 Å². The van der Waals surface area contributed by atoms with E-state index < -0.39 is 0 Å². The summed E-state index contributed by atoms with van der Waals surface area (Å²) in [5, 5.41) is 10.2. The molecule has 2 aromatic rings. The number of amides is 2. The molecule has 2 N–H and O–H groups in total. The molecule has 5 nitrogen and oxygen atoms in total. The van der Waals surface area contributed by atoms with Gasteiger partial charge in [0, 0.05) is 23.7 Å². The minimum absolute atomic E-state index is 0.0455. The quantitative estimate of drug-likeness (QED) is 0.666. The van der Waals surface area contributed by atoms with Crippen molar-refractivity contribution in [1.29, 1.82) is 0 Å². The van der Waals surface area contributed by atoms with Crippen LogP contribution in [-0.4, -0.2) is 36.3 Å². The molecule has 1 fully saturated rings. The van der Waals surface area contributed by atoms with Crippen molar-refractivity contribution >= 4 is 28.8 Å². The third-order valence-corrected chi connectivity index (χ3v) is 6.18. The lowest BCUT2D eigenvalue weighted by Crippen LogP contribution is -2.37. The van der Waals surface area contributed by atoms with Crippen LogP contribution in [-0.2, 0) is 4.79 Å². The molecule has 0 spiro atoms. The number of nitrogens with one attached hydrogen (secondary N) is 2. The molecule has 1 aliphatic carbocycles. The van der Waals surface area contributed by atoms with Gasteiger partial charge in [0.1, 0.15) is 0 Å². The van der Waals surface area contributed by atoms with Gasteiger partial charge in [0.25, 0.3) is 5.91 Å². The number of carbonyl (C=O) groups is 2. The van der Waals surface area contributed by atoms with Gasteiger partial charge in [-0.2, -0.15) is 11.3 Å². The van der Waals surface area contributed by atoms with Crippen LogP contribution in [0.15, 0.2) is 41.1 Å². The second kappa shape index (κ2) is 9.34. The average molecular weight is 400 g/mol. The predicted octanol–water partition coefficient (Wildman–Crippen LogP) is 4.16. The minimum atomic E-state index is -0.122. The topological polar surface area (TPSA) is 61.4 Å².